The van der Waals surface area contributed by atoms with Gasteiger partial charge in [-0.05, 0) is 33.5 Å². The maximum atomic E-state index is 12.5. The summed E-state index contributed by atoms with van der Waals surface area (Å²) < 4.78 is 0. The molecule has 2 heterocycles. The second-order valence-electron chi connectivity index (χ2n) is 5.17. The van der Waals surface area contributed by atoms with Crippen LogP contribution in [0.25, 0.3) is 0 Å². The fourth-order valence-corrected chi connectivity index (χ4v) is 2.37. The molecule has 1 aromatic rings. The predicted molar refractivity (Wildman–Crippen MR) is 74.8 cm³/mol. The van der Waals surface area contributed by atoms with Crippen molar-refractivity contribution in [2.75, 3.05) is 32.6 Å². The van der Waals surface area contributed by atoms with Crippen LogP contribution < -0.4 is 11.3 Å². The van der Waals surface area contributed by atoms with E-state index >= 15 is 0 Å². The van der Waals surface area contributed by atoms with E-state index in [2.05, 4.69) is 15.3 Å². The molecule has 1 atom stereocenters. The number of hydrogen-bond donors (Lipinski definition) is 2. The number of carbonyl (C=O) groups is 1. The Morgan fingerprint density at radius 1 is 1.58 bits per heavy atom. The molecule has 1 unspecified atom stereocenters. The summed E-state index contributed by atoms with van der Waals surface area (Å²) in [6.45, 7) is 3.40. The van der Waals surface area contributed by atoms with Crippen LogP contribution in [0.5, 0.6) is 0 Å². The highest BCUT2D eigenvalue weighted by molar-refractivity contribution is 5.99. The fraction of sp³-hybridized carbons (Fsp3) is 0.538. The minimum atomic E-state index is -0.00944. The van der Waals surface area contributed by atoms with Crippen molar-refractivity contribution in [2.45, 2.75) is 19.4 Å². The molecule has 2 rings (SSSR count). The average molecular weight is 263 g/mol. The van der Waals surface area contributed by atoms with Gasteiger partial charge in [-0.15, -0.1) is 0 Å². The second kappa shape index (κ2) is 5.54. The van der Waals surface area contributed by atoms with Gasteiger partial charge in [0.25, 0.3) is 5.91 Å². The number of anilines is 1. The van der Waals surface area contributed by atoms with E-state index in [9.17, 15) is 4.79 Å². The third-order valence-corrected chi connectivity index (χ3v) is 3.61. The molecule has 19 heavy (non-hydrogen) atoms. The number of likely N-dealkylation sites (N-methyl/N-ethyl adjacent to an activating group) is 1. The topological polar surface area (TPSA) is 74.5 Å². The molecule has 1 aromatic heterocycles. The lowest BCUT2D eigenvalue weighted by Gasteiger charge is -2.21. The molecule has 0 bridgehead atoms. The first-order valence-electron chi connectivity index (χ1n) is 6.42. The third-order valence-electron chi connectivity index (χ3n) is 3.61. The number of nitrogens with one attached hydrogen (secondary N) is 1. The average Bonchev–Trinajstić information content (AvgIpc) is 2.87. The molecule has 0 radical (unpaired) electrons. The van der Waals surface area contributed by atoms with Crippen LogP contribution in [-0.2, 0) is 0 Å². The van der Waals surface area contributed by atoms with Gasteiger partial charge in [-0.1, -0.05) is 0 Å². The number of nitrogens with zero attached hydrogens (tertiary/aromatic N) is 3. The number of aromatic nitrogens is 1. The van der Waals surface area contributed by atoms with E-state index in [0.29, 0.717) is 17.3 Å². The minimum Gasteiger partial charge on any atom is -0.337 e. The van der Waals surface area contributed by atoms with E-state index in [1.165, 1.54) is 0 Å². The number of hydrazine groups is 1. The maximum Gasteiger partial charge on any atom is 0.257 e. The highest BCUT2D eigenvalue weighted by atomic mass is 16.2. The largest absolute Gasteiger partial charge is 0.337 e. The fourth-order valence-electron chi connectivity index (χ4n) is 2.37. The molecule has 1 aliphatic rings. The number of nitrogens with two attached hydrogens (primary N) is 1. The summed E-state index contributed by atoms with van der Waals surface area (Å²) in [5, 5.41) is 0. The lowest BCUT2D eigenvalue weighted by Crippen LogP contribution is -2.35. The molecular formula is C13H21N5O. The standard InChI is InChI=1S/C13H21N5O/c1-9-6-12(16-14)11(7-15-9)13(19)18-5-4-10(8-18)17(2)3/h6-7,10H,4-5,8,14H2,1-3H3,(H,15,16). The zero-order chi connectivity index (χ0) is 14.0. The summed E-state index contributed by atoms with van der Waals surface area (Å²) in [6, 6.07) is 2.21. The number of likely N-dealkylation sites (tertiary alicyclic amines) is 1. The van der Waals surface area contributed by atoms with Crippen molar-refractivity contribution in [3.63, 3.8) is 0 Å². The number of amides is 1. The molecule has 104 valence electrons. The molecule has 1 aliphatic heterocycles. The maximum absolute atomic E-state index is 12.5. The van der Waals surface area contributed by atoms with Crippen molar-refractivity contribution in [3.05, 3.63) is 23.5 Å². The van der Waals surface area contributed by atoms with Crippen molar-refractivity contribution in [1.82, 2.24) is 14.8 Å². The van der Waals surface area contributed by atoms with Crippen molar-refractivity contribution >= 4 is 11.6 Å². The first kappa shape index (κ1) is 13.8. The Balaban J connectivity index is 2.17. The summed E-state index contributed by atoms with van der Waals surface area (Å²) in [7, 11) is 4.08. The monoisotopic (exact) mass is 263 g/mol. The van der Waals surface area contributed by atoms with E-state index in [1.54, 1.807) is 12.3 Å². The van der Waals surface area contributed by atoms with Gasteiger partial charge >= 0.3 is 0 Å². The van der Waals surface area contributed by atoms with Gasteiger partial charge in [0.1, 0.15) is 0 Å². The molecule has 0 saturated carbocycles. The van der Waals surface area contributed by atoms with E-state index in [1.807, 2.05) is 25.9 Å². The molecule has 6 heteroatoms. The van der Waals surface area contributed by atoms with Crippen LogP contribution >= 0.6 is 0 Å². The molecule has 0 spiro atoms. The Labute approximate surface area is 113 Å². The van der Waals surface area contributed by atoms with Gasteiger partial charge in [-0.2, -0.15) is 0 Å². The van der Waals surface area contributed by atoms with Crippen LogP contribution in [-0.4, -0.2) is 53.9 Å². The van der Waals surface area contributed by atoms with Gasteiger partial charge in [-0.3, -0.25) is 15.6 Å². The Kier molecular flexibility index (Phi) is 4.01. The number of pyridine rings is 1. The Morgan fingerprint density at radius 2 is 2.32 bits per heavy atom. The molecule has 6 nitrogen and oxygen atoms in total. The second-order valence-corrected chi connectivity index (χ2v) is 5.17. The van der Waals surface area contributed by atoms with Crippen molar-refractivity contribution in [2.24, 2.45) is 5.84 Å². The first-order valence-corrected chi connectivity index (χ1v) is 6.42. The molecule has 1 amide bonds. The van der Waals surface area contributed by atoms with E-state index < -0.39 is 0 Å². The highest BCUT2D eigenvalue weighted by Gasteiger charge is 2.29. The zero-order valence-corrected chi connectivity index (χ0v) is 11.7. The van der Waals surface area contributed by atoms with Gasteiger partial charge in [0, 0.05) is 31.0 Å². The van der Waals surface area contributed by atoms with Crippen LogP contribution in [0.4, 0.5) is 5.69 Å². The zero-order valence-electron chi connectivity index (χ0n) is 11.7. The number of carbonyl (C=O) groups excluding carboxylic acids is 1. The SMILES string of the molecule is Cc1cc(NN)c(C(=O)N2CCC(N(C)C)C2)cn1. The van der Waals surface area contributed by atoms with Crippen LogP contribution in [0.15, 0.2) is 12.3 Å². The molecule has 1 fully saturated rings. The lowest BCUT2D eigenvalue weighted by atomic mass is 10.2. The summed E-state index contributed by atoms with van der Waals surface area (Å²) in [6.07, 6.45) is 2.60. The summed E-state index contributed by atoms with van der Waals surface area (Å²) >= 11 is 0. The number of nitrogen functional groups attached to an aromatic ring is 1. The van der Waals surface area contributed by atoms with Crippen LogP contribution in [0.2, 0.25) is 0 Å². The smallest absolute Gasteiger partial charge is 0.257 e. The number of hydrogen-bond acceptors (Lipinski definition) is 5. The van der Waals surface area contributed by atoms with Gasteiger partial charge in [-0.25, -0.2) is 0 Å². The molecule has 3 N–H and O–H groups in total. The van der Waals surface area contributed by atoms with E-state index in [-0.39, 0.29) is 5.91 Å². The van der Waals surface area contributed by atoms with Crippen molar-refractivity contribution in [3.8, 4) is 0 Å². The summed E-state index contributed by atoms with van der Waals surface area (Å²) in [5.41, 5.74) is 4.57. The van der Waals surface area contributed by atoms with E-state index in [0.717, 1.165) is 25.2 Å². The lowest BCUT2D eigenvalue weighted by molar-refractivity contribution is 0.0783. The summed E-state index contributed by atoms with van der Waals surface area (Å²) in [5.74, 6) is 5.47. The number of rotatable bonds is 3. The van der Waals surface area contributed by atoms with Gasteiger partial charge < -0.3 is 15.2 Å². The minimum absolute atomic E-state index is 0.00944. The number of aryl methyl sites for hydroxylation is 1. The van der Waals surface area contributed by atoms with Crippen LogP contribution in [0, 0.1) is 6.92 Å². The van der Waals surface area contributed by atoms with Gasteiger partial charge in [0.2, 0.25) is 0 Å². The third kappa shape index (κ3) is 2.85. The molecule has 1 saturated heterocycles. The van der Waals surface area contributed by atoms with Crippen molar-refractivity contribution < 1.29 is 4.79 Å². The summed E-state index contributed by atoms with van der Waals surface area (Å²) in [4.78, 5) is 20.7. The van der Waals surface area contributed by atoms with Gasteiger partial charge in [0.05, 0.1) is 11.3 Å². The quantitative estimate of drug-likeness (QED) is 0.612. The van der Waals surface area contributed by atoms with Gasteiger partial charge in [0.15, 0.2) is 0 Å². The predicted octanol–water partition coefficient (Wildman–Crippen LogP) is 0.452. The Hall–Kier alpha value is -1.66. The van der Waals surface area contributed by atoms with Crippen LogP contribution in [0.3, 0.4) is 0 Å². The first-order chi connectivity index (χ1) is 9.02. The molecule has 0 aromatic carbocycles. The van der Waals surface area contributed by atoms with Crippen LogP contribution in [0.1, 0.15) is 22.5 Å². The molecule has 0 aliphatic carbocycles. The van der Waals surface area contributed by atoms with E-state index in [4.69, 9.17) is 5.84 Å². The van der Waals surface area contributed by atoms with Crippen molar-refractivity contribution in [1.29, 1.82) is 0 Å². The normalized spacial score (nSPS) is 19.0. The Bertz CT molecular complexity index is 474. The molecular weight excluding hydrogens is 242 g/mol. The Morgan fingerprint density at radius 3 is 2.89 bits per heavy atom. The highest BCUT2D eigenvalue weighted by Crippen LogP contribution is 2.21.